The van der Waals surface area contributed by atoms with Gasteiger partial charge in [0.2, 0.25) is 5.91 Å². The van der Waals surface area contributed by atoms with Crippen molar-refractivity contribution < 1.29 is 13.6 Å². The Kier molecular flexibility index (Phi) is 3.94. The summed E-state index contributed by atoms with van der Waals surface area (Å²) in [5.41, 5.74) is 1.07. The zero-order valence-electron chi connectivity index (χ0n) is 12.5. The molecule has 120 valence electrons. The minimum atomic E-state index is -0.934. The van der Waals surface area contributed by atoms with Crippen LogP contribution < -0.4 is 10.9 Å². The van der Waals surface area contributed by atoms with Gasteiger partial charge < -0.3 is 5.32 Å². The number of anilines is 1. The lowest BCUT2D eigenvalue weighted by Gasteiger charge is -2.15. The van der Waals surface area contributed by atoms with Gasteiger partial charge in [0.05, 0.1) is 11.4 Å². The van der Waals surface area contributed by atoms with Gasteiger partial charge >= 0.3 is 0 Å². The predicted molar refractivity (Wildman–Crippen MR) is 80.2 cm³/mol. The van der Waals surface area contributed by atoms with Gasteiger partial charge in [0.15, 0.2) is 0 Å². The number of hydrogen-bond donors (Lipinski definition) is 1. The first-order valence-corrected chi connectivity index (χ1v) is 7.33. The quantitative estimate of drug-likeness (QED) is 0.943. The van der Waals surface area contributed by atoms with E-state index in [0.29, 0.717) is 0 Å². The van der Waals surface area contributed by atoms with E-state index in [4.69, 9.17) is 0 Å². The lowest BCUT2D eigenvalue weighted by molar-refractivity contribution is -0.119. The van der Waals surface area contributed by atoms with Crippen LogP contribution in [0.25, 0.3) is 0 Å². The fourth-order valence-corrected chi connectivity index (χ4v) is 2.63. The molecule has 23 heavy (non-hydrogen) atoms. The van der Waals surface area contributed by atoms with Crippen LogP contribution in [0.4, 0.5) is 14.5 Å². The minimum Gasteiger partial charge on any atom is -0.322 e. The van der Waals surface area contributed by atoms with Gasteiger partial charge in [0.25, 0.3) is 5.56 Å². The number of amides is 1. The van der Waals surface area contributed by atoms with E-state index in [1.165, 1.54) is 13.0 Å². The lowest BCUT2D eigenvalue weighted by Crippen LogP contribution is -2.34. The minimum absolute atomic E-state index is 0.268. The number of rotatable bonds is 3. The highest BCUT2D eigenvalue weighted by Crippen LogP contribution is 2.19. The second-order valence-corrected chi connectivity index (χ2v) is 5.54. The molecule has 1 aliphatic rings. The molecule has 0 saturated carbocycles. The molecule has 1 aromatic carbocycles. The van der Waals surface area contributed by atoms with Crippen molar-refractivity contribution in [2.24, 2.45) is 0 Å². The summed E-state index contributed by atoms with van der Waals surface area (Å²) >= 11 is 0. The fraction of sp³-hybridized carbons (Fsp3) is 0.312. The molecule has 0 radical (unpaired) electrons. The van der Waals surface area contributed by atoms with E-state index < -0.39 is 23.6 Å². The maximum atomic E-state index is 13.6. The molecule has 1 unspecified atom stereocenters. The van der Waals surface area contributed by atoms with E-state index in [1.54, 1.807) is 0 Å². The van der Waals surface area contributed by atoms with E-state index in [2.05, 4.69) is 10.4 Å². The Bertz CT molecular complexity index is 833. The monoisotopic (exact) mass is 319 g/mol. The number of nitrogens with zero attached hydrogens (tertiary/aromatic N) is 2. The molecule has 3 rings (SSSR count). The number of fused-ring (bicyclic) bond motifs is 1. The molecule has 2 aromatic rings. The molecule has 1 heterocycles. The van der Waals surface area contributed by atoms with E-state index in [1.807, 2.05) is 0 Å². The summed E-state index contributed by atoms with van der Waals surface area (Å²) < 4.78 is 27.8. The molecular weight excluding hydrogens is 304 g/mol. The first kappa shape index (κ1) is 15.3. The maximum Gasteiger partial charge on any atom is 0.267 e. The molecular formula is C16H15F2N3O2. The number of carbonyl (C=O) groups is 1. The van der Waals surface area contributed by atoms with Crippen molar-refractivity contribution in [1.82, 2.24) is 9.78 Å². The van der Waals surface area contributed by atoms with Crippen molar-refractivity contribution in [3.05, 3.63) is 57.5 Å². The third-order valence-electron chi connectivity index (χ3n) is 3.91. The second kappa shape index (κ2) is 5.91. The Balaban J connectivity index is 1.85. The molecule has 1 N–H and O–H groups in total. The predicted octanol–water partition coefficient (Wildman–Crippen LogP) is 2.21. The van der Waals surface area contributed by atoms with E-state index in [9.17, 15) is 18.4 Å². The van der Waals surface area contributed by atoms with Gasteiger partial charge in [-0.05, 0) is 43.9 Å². The highest BCUT2D eigenvalue weighted by molar-refractivity contribution is 5.93. The number of aryl methyl sites for hydroxylation is 2. The third kappa shape index (κ3) is 2.99. The van der Waals surface area contributed by atoms with Gasteiger partial charge in [-0.3, -0.25) is 9.59 Å². The van der Waals surface area contributed by atoms with Crippen molar-refractivity contribution in [1.29, 1.82) is 0 Å². The topological polar surface area (TPSA) is 64.0 Å². The normalized spacial score (nSPS) is 14.4. The Hall–Kier alpha value is -2.57. The first-order chi connectivity index (χ1) is 11.0. The van der Waals surface area contributed by atoms with Crippen LogP contribution in [-0.2, 0) is 17.6 Å². The number of hydrogen-bond acceptors (Lipinski definition) is 3. The Morgan fingerprint density at radius 2 is 2.09 bits per heavy atom. The SMILES string of the molecule is CC(C(=O)Nc1cc(F)ccc1F)n1nc2c(cc1=O)CCC2. The number of halogens is 2. The molecule has 0 fully saturated rings. The Morgan fingerprint density at radius 3 is 2.87 bits per heavy atom. The Morgan fingerprint density at radius 1 is 1.30 bits per heavy atom. The molecule has 1 amide bonds. The fourth-order valence-electron chi connectivity index (χ4n) is 2.63. The molecule has 7 heteroatoms. The number of carbonyl (C=O) groups excluding carboxylic acids is 1. The van der Waals surface area contributed by atoms with Gasteiger partial charge in [0, 0.05) is 12.1 Å². The van der Waals surface area contributed by atoms with Crippen molar-refractivity contribution in [2.75, 3.05) is 5.32 Å². The van der Waals surface area contributed by atoms with Gasteiger partial charge in [-0.2, -0.15) is 5.10 Å². The van der Waals surface area contributed by atoms with Gasteiger partial charge in [-0.1, -0.05) is 0 Å². The van der Waals surface area contributed by atoms with E-state index in [0.717, 1.165) is 53.4 Å². The van der Waals surface area contributed by atoms with Crippen LogP contribution in [0.1, 0.15) is 30.6 Å². The molecule has 1 aromatic heterocycles. The summed E-state index contributed by atoms with van der Waals surface area (Å²) in [4.78, 5) is 24.3. The Labute approximate surface area is 130 Å². The van der Waals surface area contributed by atoms with Gasteiger partial charge in [-0.25, -0.2) is 13.5 Å². The van der Waals surface area contributed by atoms with Crippen LogP contribution in [0.3, 0.4) is 0 Å². The molecule has 0 saturated heterocycles. The van der Waals surface area contributed by atoms with E-state index >= 15 is 0 Å². The molecule has 0 spiro atoms. The third-order valence-corrected chi connectivity index (χ3v) is 3.91. The highest BCUT2D eigenvalue weighted by atomic mass is 19.1. The standard InChI is InChI=1S/C16H15F2N3O2/c1-9(16(23)19-14-8-11(17)5-6-12(14)18)21-15(22)7-10-3-2-4-13(10)20-21/h5-9H,2-4H2,1H3,(H,19,23). The van der Waals surface area contributed by atoms with Crippen LogP contribution in [0.15, 0.2) is 29.1 Å². The van der Waals surface area contributed by atoms with Crippen LogP contribution in [-0.4, -0.2) is 15.7 Å². The zero-order chi connectivity index (χ0) is 16.6. The van der Waals surface area contributed by atoms with Crippen molar-refractivity contribution in [2.45, 2.75) is 32.2 Å². The second-order valence-electron chi connectivity index (χ2n) is 5.54. The molecule has 0 bridgehead atoms. The molecule has 0 aliphatic heterocycles. The lowest BCUT2D eigenvalue weighted by atomic mass is 10.2. The van der Waals surface area contributed by atoms with Crippen molar-refractivity contribution >= 4 is 11.6 Å². The molecule has 1 aliphatic carbocycles. The van der Waals surface area contributed by atoms with Gasteiger partial charge in [-0.15, -0.1) is 0 Å². The zero-order valence-corrected chi connectivity index (χ0v) is 12.5. The van der Waals surface area contributed by atoms with Crippen LogP contribution in [0.2, 0.25) is 0 Å². The number of nitrogens with one attached hydrogen (secondary N) is 1. The summed E-state index contributed by atoms with van der Waals surface area (Å²) in [5.74, 6) is -2.05. The summed E-state index contributed by atoms with van der Waals surface area (Å²) in [6.07, 6.45) is 2.51. The highest BCUT2D eigenvalue weighted by Gasteiger charge is 2.22. The van der Waals surface area contributed by atoms with Crippen LogP contribution in [0, 0.1) is 11.6 Å². The summed E-state index contributed by atoms with van der Waals surface area (Å²) in [7, 11) is 0. The first-order valence-electron chi connectivity index (χ1n) is 7.33. The summed E-state index contributed by atoms with van der Waals surface area (Å²) in [6.45, 7) is 1.49. The van der Waals surface area contributed by atoms with Crippen molar-refractivity contribution in [3.63, 3.8) is 0 Å². The largest absolute Gasteiger partial charge is 0.322 e. The average Bonchev–Trinajstić information content (AvgIpc) is 2.96. The van der Waals surface area contributed by atoms with Crippen LogP contribution >= 0.6 is 0 Å². The summed E-state index contributed by atoms with van der Waals surface area (Å²) in [6, 6.07) is 3.33. The smallest absolute Gasteiger partial charge is 0.267 e. The maximum absolute atomic E-state index is 13.6. The summed E-state index contributed by atoms with van der Waals surface area (Å²) in [5, 5.41) is 6.52. The van der Waals surface area contributed by atoms with Gasteiger partial charge in [0.1, 0.15) is 17.7 Å². The van der Waals surface area contributed by atoms with E-state index in [-0.39, 0.29) is 11.2 Å². The number of aromatic nitrogens is 2. The molecule has 5 nitrogen and oxygen atoms in total. The van der Waals surface area contributed by atoms with Crippen LogP contribution in [0.5, 0.6) is 0 Å². The van der Waals surface area contributed by atoms with Crippen molar-refractivity contribution in [3.8, 4) is 0 Å². The average molecular weight is 319 g/mol. The molecule has 1 atom stereocenters. The number of benzene rings is 1.